The van der Waals surface area contributed by atoms with Gasteiger partial charge in [-0.1, -0.05) is 11.8 Å². The Bertz CT molecular complexity index is 568. The van der Waals surface area contributed by atoms with E-state index in [0.717, 1.165) is 10.4 Å². The Morgan fingerprint density at radius 2 is 2.42 bits per heavy atom. The molecule has 1 aromatic heterocycles. The summed E-state index contributed by atoms with van der Waals surface area (Å²) in [6, 6.07) is 1.78. The van der Waals surface area contributed by atoms with Crippen LogP contribution < -0.4 is 5.32 Å². The summed E-state index contributed by atoms with van der Waals surface area (Å²) in [6.07, 6.45) is 0. The van der Waals surface area contributed by atoms with Crippen molar-refractivity contribution in [3.05, 3.63) is 21.4 Å². The highest BCUT2D eigenvalue weighted by atomic mass is 32.1. The zero-order valence-corrected chi connectivity index (χ0v) is 11.3. The van der Waals surface area contributed by atoms with E-state index in [2.05, 4.69) is 17.2 Å². The Morgan fingerprint density at radius 1 is 1.63 bits per heavy atom. The highest BCUT2D eigenvalue weighted by Gasteiger charge is 2.23. The van der Waals surface area contributed by atoms with Gasteiger partial charge in [0.05, 0.1) is 16.3 Å². The summed E-state index contributed by atoms with van der Waals surface area (Å²) in [6.45, 7) is 2.79. The molecule has 0 saturated carbocycles. The quantitative estimate of drug-likeness (QED) is 0.709. The zero-order valence-electron chi connectivity index (χ0n) is 10.5. The molecule has 0 bridgehead atoms. The van der Waals surface area contributed by atoms with Gasteiger partial charge >= 0.3 is 0 Å². The Kier molecular flexibility index (Phi) is 4.20. The standard InChI is InChI=1S/C13H14N2O3S/c1-9-7-11(19-10(9)3-2-6-16)13(18)15-5-4-14-12(17)8-15/h7,16H,4-6,8H2,1H3,(H,14,17). The Labute approximate surface area is 115 Å². The minimum absolute atomic E-state index is 0.105. The largest absolute Gasteiger partial charge is 0.384 e. The number of amides is 2. The summed E-state index contributed by atoms with van der Waals surface area (Å²) < 4.78 is 0. The molecular formula is C13H14N2O3S. The minimum Gasteiger partial charge on any atom is -0.384 e. The molecule has 0 aromatic carbocycles. The molecule has 1 aliphatic rings. The first-order valence-electron chi connectivity index (χ1n) is 5.88. The molecule has 1 aromatic rings. The molecule has 2 heterocycles. The van der Waals surface area contributed by atoms with Crippen LogP contribution >= 0.6 is 11.3 Å². The lowest BCUT2D eigenvalue weighted by atomic mass is 10.2. The Balaban J connectivity index is 2.17. The van der Waals surface area contributed by atoms with E-state index in [1.54, 1.807) is 6.07 Å². The number of aliphatic hydroxyl groups is 1. The summed E-state index contributed by atoms with van der Waals surface area (Å²) >= 11 is 1.29. The van der Waals surface area contributed by atoms with E-state index < -0.39 is 0 Å². The van der Waals surface area contributed by atoms with Crippen molar-refractivity contribution in [3.8, 4) is 11.8 Å². The van der Waals surface area contributed by atoms with Crippen LogP contribution in [0.25, 0.3) is 0 Å². The smallest absolute Gasteiger partial charge is 0.264 e. The number of carbonyl (C=O) groups is 2. The second-order valence-electron chi connectivity index (χ2n) is 4.16. The van der Waals surface area contributed by atoms with Crippen LogP contribution in [-0.2, 0) is 4.79 Å². The second-order valence-corrected chi connectivity index (χ2v) is 5.21. The molecule has 0 radical (unpaired) electrons. The van der Waals surface area contributed by atoms with Gasteiger partial charge in [-0.25, -0.2) is 0 Å². The fourth-order valence-electron chi connectivity index (χ4n) is 1.80. The average molecular weight is 278 g/mol. The number of thiophene rings is 1. The summed E-state index contributed by atoms with van der Waals surface area (Å²) in [7, 11) is 0. The topological polar surface area (TPSA) is 69.6 Å². The van der Waals surface area contributed by atoms with Crippen molar-refractivity contribution >= 4 is 23.2 Å². The molecule has 2 N–H and O–H groups in total. The fourth-order valence-corrected chi connectivity index (χ4v) is 2.81. The van der Waals surface area contributed by atoms with Crippen molar-refractivity contribution in [1.29, 1.82) is 0 Å². The lowest BCUT2D eigenvalue weighted by Gasteiger charge is -2.26. The van der Waals surface area contributed by atoms with Crippen molar-refractivity contribution in [2.24, 2.45) is 0 Å². The first kappa shape index (κ1) is 13.6. The molecule has 2 amide bonds. The maximum absolute atomic E-state index is 12.2. The summed E-state index contributed by atoms with van der Waals surface area (Å²) in [5.41, 5.74) is 0.913. The molecule has 0 atom stereocenters. The Morgan fingerprint density at radius 3 is 3.11 bits per heavy atom. The molecule has 1 saturated heterocycles. The normalized spacial score (nSPS) is 14.6. The van der Waals surface area contributed by atoms with E-state index in [4.69, 9.17) is 5.11 Å². The predicted octanol–water partition coefficient (Wildman–Crippen LogP) is -0.0277. The average Bonchev–Trinajstić information content (AvgIpc) is 2.77. The maximum atomic E-state index is 12.2. The van der Waals surface area contributed by atoms with E-state index in [-0.39, 0.29) is 25.0 Å². The lowest BCUT2D eigenvalue weighted by Crippen LogP contribution is -2.49. The van der Waals surface area contributed by atoms with Gasteiger partial charge in [0.15, 0.2) is 0 Å². The highest BCUT2D eigenvalue weighted by molar-refractivity contribution is 7.14. The molecule has 1 fully saturated rings. The van der Waals surface area contributed by atoms with Crippen LogP contribution in [0.4, 0.5) is 0 Å². The van der Waals surface area contributed by atoms with Gasteiger partial charge in [-0.3, -0.25) is 9.59 Å². The predicted molar refractivity (Wildman–Crippen MR) is 71.9 cm³/mol. The number of piperazine rings is 1. The molecule has 1 aliphatic heterocycles. The van der Waals surface area contributed by atoms with Crippen LogP contribution in [0.15, 0.2) is 6.07 Å². The number of aliphatic hydroxyl groups excluding tert-OH is 1. The van der Waals surface area contributed by atoms with E-state index in [0.29, 0.717) is 18.0 Å². The van der Waals surface area contributed by atoms with E-state index >= 15 is 0 Å². The number of nitrogens with one attached hydrogen (secondary N) is 1. The molecule has 6 heteroatoms. The molecule has 0 unspecified atom stereocenters. The number of hydrogen-bond donors (Lipinski definition) is 2. The van der Waals surface area contributed by atoms with E-state index in [1.807, 2.05) is 6.92 Å². The molecule has 2 rings (SSSR count). The summed E-state index contributed by atoms with van der Waals surface area (Å²) in [5.74, 6) is 5.12. The number of rotatable bonds is 1. The number of nitrogens with zero attached hydrogens (tertiary/aromatic N) is 1. The van der Waals surface area contributed by atoms with Crippen LogP contribution in [0.5, 0.6) is 0 Å². The fraction of sp³-hybridized carbons (Fsp3) is 0.385. The van der Waals surface area contributed by atoms with Crippen LogP contribution in [0.2, 0.25) is 0 Å². The maximum Gasteiger partial charge on any atom is 0.264 e. The highest BCUT2D eigenvalue weighted by Crippen LogP contribution is 2.22. The number of hydrogen-bond acceptors (Lipinski definition) is 4. The molecule has 0 aliphatic carbocycles. The minimum atomic E-state index is -0.201. The number of carbonyl (C=O) groups excluding carboxylic acids is 2. The first-order chi connectivity index (χ1) is 9.11. The van der Waals surface area contributed by atoms with Crippen LogP contribution in [-0.4, -0.2) is 48.1 Å². The SMILES string of the molecule is Cc1cc(C(=O)N2CCNC(=O)C2)sc1C#CCO. The van der Waals surface area contributed by atoms with Gasteiger partial charge < -0.3 is 15.3 Å². The van der Waals surface area contributed by atoms with Crippen LogP contribution in [0.1, 0.15) is 20.1 Å². The van der Waals surface area contributed by atoms with Crippen molar-refractivity contribution in [2.45, 2.75) is 6.92 Å². The van der Waals surface area contributed by atoms with Crippen LogP contribution in [0, 0.1) is 18.8 Å². The second kappa shape index (κ2) is 5.87. The molecule has 100 valence electrons. The third-order valence-corrected chi connectivity index (χ3v) is 3.88. The third-order valence-electron chi connectivity index (χ3n) is 2.74. The summed E-state index contributed by atoms with van der Waals surface area (Å²) in [5, 5.41) is 11.4. The van der Waals surface area contributed by atoms with Crippen molar-refractivity contribution in [2.75, 3.05) is 26.2 Å². The van der Waals surface area contributed by atoms with E-state index in [9.17, 15) is 9.59 Å². The monoisotopic (exact) mass is 278 g/mol. The molecule has 0 spiro atoms. The van der Waals surface area contributed by atoms with Gasteiger partial charge in [0.25, 0.3) is 5.91 Å². The summed E-state index contributed by atoms with van der Waals surface area (Å²) in [4.78, 5) is 26.4. The van der Waals surface area contributed by atoms with Gasteiger partial charge in [0.1, 0.15) is 6.61 Å². The van der Waals surface area contributed by atoms with Gasteiger partial charge in [-0.05, 0) is 18.6 Å². The van der Waals surface area contributed by atoms with Crippen molar-refractivity contribution < 1.29 is 14.7 Å². The van der Waals surface area contributed by atoms with Gasteiger partial charge in [0, 0.05) is 13.1 Å². The van der Waals surface area contributed by atoms with Gasteiger partial charge in [-0.2, -0.15) is 0 Å². The zero-order chi connectivity index (χ0) is 13.8. The Hall–Kier alpha value is -1.84. The molecule has 19 heavy (non-hydrogen) atoms. The lowest BCUT2D eigenvalue weighted by molar-refractivity contribution is -0.123. The van der Waals surface area contributed by atoms with Gasteiger partial charge in [0.2, 0.25) is 5.91 Å². The number of aryl methyl sites for hydroxylation is 1. The van der Waals surface area contributed by atoms with Crippen molar-refractivity contribution in [3.63, 3.8) is 0 Å². The van der Waals surface area contributed by atoms with Crippen LogP contribution in [0.3, 0.4) is 0 Å². The van der Waals surface area contributed by atoms with E-state index in [1.165, 1.54) is 16.2 Å². The van der Waals surface area contributed by atoms with Crippen molar-refractivity contribution in [1.82, 2.24) is 10.2 Å². The molecular weight excluding hydrogens is 264 g/mol. The third kappa shape index (κ3) is 3.13. The molecule has 5 nitrogen and oxygen atoms in total. The first-order valence-corrected chi connectivity index (χ1v) is 6.69. The van der Waals surface area contributed by atoms with Gasteiger partial charge in [-0.15, -0.1) is 11.3 Å².